The third-order valence-electron chi connectivity index (χ3n) is 3.77. The molecule has 108 valence electrons. The average molecular weight is 278 g/mol. The maximum Gasteiger partial charge on any atom is 0.310 e. The zero-order valence-electron chi connectivity index (χ0n) is 11.3. The summed E-state index contributed by atoms with van der Waals surface area (Å²) in [5, 5.41) is 18.5. The molecular formula is C15H18O5. The first-order chi connectivity index (χ1) is 9.43. The lowest BCUT2D eigenvalue weighted by Crippen LogP contribution is -2.43. The third-order valence-corrected chi connectivity index (χ3v) is 3.77. The largest absolute Gasteiger partial charge is 0.481 e. The number of hydrogen-bond acceptors (Lipinski definition) is 3. The molecule has 1 fully saturated rings. The Morgan fingerprint density at radius 1 is 1.25 bits per heavy atom. The van der Waals surface area contributed by atoms with E-state index in [0.717, 1.165) is 5.56 Å². The van der Waals surface area contributed by atoms with Crippen LogP contribution in [0, 0.1) is 5.41 Å². The topological polar surface area (TPSA) is 83.8 Å². The SMILES string of the molecule is C[C@@H]1C[C@@](CC(=O)O)(C(=O)O)C[C@@H](c2ccccc2)O1. The van der Waals surface area contributed by atoms with Crippen LogP contribution in [0.1, 0.15) is 37.9 Å². The van der Waals surface area contributed by atoms with Crippen LogP contribution in [-0.4, -0.2) is 28.3 Å². The summed E-state index contributed by atoms with van der Waals surface area (Å²) in [6.45, 7) is 1.79. The molecule has 1 aliphatic rings. The number of aliphatic carboxylic acids is 2. The van der Waals surface area contributed by atoms with Crippen molar-refractivity contribution in [2.75, 3.05) is 0 Å². The molecule has 0 aromatic heterocycles. The number of ether oxygens (including phenoxy) is 1. The van der Waals surface area contributed by atoms with Crippen molar-refractivity contribution < 1.29 is 24.5 Å². The Hall–Kier alpha value is -1.88. The Kier molecular flexibility index (Phi) is 4.09. The van der Waals surface area contributed by atoms with Crippen LogP contribution in [0.3, 0.4) is 0 Å². The fourth-order valence-electron chi connectivity index (χ4n) is 2.91. The lowest BCUT2D eigenvalue weighted by atomic mass is 9.72. The number of carboxylic acids is 2. The minimum atomic E-state index is -1.26. The zero-order valence-corrected chi connectivity index (χ0v) is 11.3. The Balaban J connectivity index is 2.30. The highest BCUT2D eigenvalue weighted by Crippen LogP contribution is 2.45. The van der Waals surface area contributed by atoms with E-state index >= 15 is 0 Å². The summed E-state index contributed by atoms with van der Waals surface area (Å²) in [6, 6.07) is 9.33. The predicted octanol–water partition coefficient (Wildman–Crippen LogP) is 2.47. The fraction of sp³-hybridized carbons (Fsp3) is 0.467. The quantitative estimate of drug-likeness (QED) is 0.884. The molecule has 0 saturated carbocycles. The highest BCUT2D eigenvalue weighted by atomic mass is 16.5. The molecule has 20 heavy (non-hydrogen) atoms. The van der Waals surface area contributed by atoms with Gasteiger partial charge in [-0.2, -0.15) is 0 Å². The average Bonchev–Trinajstić information content (AvgIpc) is 2.38. The van der Waals surface area contributed by atoms with Gasteiger partial charge < -0.3 is 14.9 Å². The maximum atomic E-state index is 11.6. The molecule has 5 heteroatoms. The molecule has 5 nitrogen and oxygen atoms in total. The Morgan fingerprint density at radius 3 is 2.45 bits per heavy atom. The number of carboxylic acid groups (broad SMARTS) is 2. The monoisotopic (exact) mass is 278 g/mol. The van der Waals surface area contributed by atoms with Gasteiger partial charge in [0.05, 0.1) is 24.0 Å². The van der Waals surface area contributed by atoms with Crippen molar-refractivity contribution >= 4 is 11.9 Å². The van der Waals surface area contributed by atoms with Crippen molar-refractivity contribution in [1.82, 2.24) is 0 Å². The second-order valence-electron chi connectivity index (χ2n) is 5.41. The van der Waals surface area contributed by atoms with Gasteiger partial charge in [-0.15, -0.1) is 0 Å². The first-order valence-electron chi connectivity index (χ1n) is 6.58. The molecule has 1 saturated heterocycles. The van der Waals surface area contributed by atoms with Crippen LogP contribution in [-0.2, 0) is 14.3 Å². The highest BCUT2D eigenvalue weighted by molar-refractivity contribution is 5.81. The van der Waals surface area contributed by atoms with E-state index in [9.17, 15) is 14.7 Å². The standard InChI is InChI=1S/C15H18O5/c1-10-7-15(14(18)19,9-13(16)17)8-12(20-10)11-5-3-2-4-6-11/h2-6,10,12H,7-9H2,1H3,(H,16,17)(H,18,19)/t10-,12+,15-/m1/s1. The number of benzene rings is 1. The smallest absolute Gasteiger partial charge is 0.310 e. The maximum absolute atomic E-state index is 11.6. The van der Waals surface area contributed by atoms with E-state index in [1.54, 1.807) is 6.92 Å². The van der Waals surface area contributed by atoms with Crippen LogP contribution in [0.15, 0.2) is 30.3 Å². The summed E-state index contributed by atoms with van der Waals surface area (Å²) < 4.78 is 5.80. The first-order valence-corrected chi connectivity index (χ1v) is 6.58. The van der Waals surface area contributed by atoms with Crippen LogP contribution in [0.5, 0.6) is 0 Å². The molecule has 0 bridgehead atoms. The van der Waals surface area contributed by atoms with Crippen molar-refractivity contribution in [1.29, 1.82) is 0 Å². The van der Waals surface area contributed by atoms with Gasteiger partial charge in [0.1, 0.15) is 0 Å². The van der Waals surface area contributed by atoms with Crippen LogP contribution < -0.4 is 0 Å². The van der Waals surface area contributed by atoms with Gasteiger partial charge in [0.15, 0.2) is 0 Å². The van der Waals surface area contributed by atoms with E-state index in [-0.39, 0.29) is 31.5 Å². The second kappa shape index (κ2) is 5.63. The summed E-state index contributed by atoms with van der Waals surface area (Å²) in [6.07, 6.45) is -0.639. The zero-order chi connectivity index (χ0) is 14.8. The molecule has 1 aromatic rings. The van der Waals surface area contributed by atoms with Gasteiger partial charge in [-0.05, 0) is 25.3 Å². The molecule has 1 aromatic carbocycles. The van der Waals surface area contributed by atoms with Gasteiger partial charge >= 0.3 is 11.9 Å². The van der Waals surface area contributed by atoms with Crippen molar-refractivity contribution in [3.05, 3.63) is 35.9 Å². The summed E-state index contributed by atoms with van der Waals surface area (Å²) in [5.74, 6) is -2.15. The Bertz CT molecular complexity index is 498. The fourth-order valence-corrected chi connectivity index (χ4v) is 2.91. The van der Waals surface area contributed by atoms with E-state index < -0.39 is 17.4 Å². The molecule has 0 aliphatic carbocycles. The molecule has 1 aliphatic heterocycles. The first kappa shape index (κ1) is 14.5. The third kappa shape index (κ3) is 2.99. The Morgan fingerprint density at radius 2 is 1.90 bits per heavy atom. The van der Waals surface area contributed by atoms with Crippen molar-refractivity contribution in [3.63, 3.8) is 0 Å². The highest BCUT2D eigenvalue weighted by Gasteiger charge is 2.47. The molecule has 3 atom stereocenters. The number of rotatable bonds is 4. The van der Waals surface area contributed by atoms with Gasteiger partial charge in [-0.1, -0.05) is 30.3 Å². The van der Waals surface area contributed by atoms with E-state index in [1.165, 1.54) is 0 Å². The number of carbonyl (C=O) groups is 2. The van der Waals surface area contributed by atoms with Gasteiger partial charge in [0.25, 0.3) is 0 Å². The normalized spacial score (nSPS) is 29.9. The van der Waals surface area contributed by atoms with E-state index in [4.69, 9.17) is 9.84 Å². The second-order valence-corrected chi connectivity index (χ2v) is 5.41. The summed E-state index contributed by atoms with van der Waals surface area (Å²) in [4.78, 5) is 22.6. The van der Waals surface area contributed by atoms with Gasteiger partial charge in [-0.25, -0.2) is 0 Å². The van der Waals surface area contributed by atoms with E-state index in [2.05, 4.69) is 0 Å². The van der Waals surface area contributed by atoms with Crippen LogP contribution in [0.4, 0.5) is 0 Å². The van der Waals surface area contributed by atoms with Crippen LogP contribution >= 0.6 is 0 Å². The molecule has 0 amide bonds. The molecule has 0 unspecified atom stereocenters. The lowest BCUT2D eigenvalue weighted by Gasteiger charge is -2.40. The van der Waals surface area contributed by atoms with Crippen LogP contribution in [0.25, 0.3) is 0 Å². The minimum Gasteiger partial charge on any atom is -0.481 e. The Labute approximate surface area is 117 Å². The summed E-state index contributed by atoms with van der Waals surface area (Å²) in [5.41, 5.74) is -0.376. The van der Waals surface area contributed by atoms with Crippen molar-refractivity contribution in [2.45, 2.75) is 38.4 Å². The predicted molar refractivity (Wildman–Crippen MR) is 71.3 cm³/mol. The van der Waals surface area contributed by atoms with Crippen molar-refractivity contribution in [2.24, 2.45) is 5.41 Å². The van der Waals surface area contributed by atoms with E-state index in [0.29, 0.717) is 0 Å². The molecule has 1 heterocycles. The molecule has 2 rings (SSSR count). The molecule has 0 radical (unpaired) electrons. The summed E-state index contributed by atoms with van der Waals surface area (Å²) >= 11 is 0. The van der Waals surface area contributed by atoms with Crippen LogP contribution in [0.2, 0.25) is 0 Å². The van der Waals surface area contributed by atoms with Gasteiger partial charge in [-0.3, -0.25) is 9.59 Å². The minimum absolute atomic E-state index is 0.184. The van der Waals surface area contributed by atoms with Gasteiger partial charge in [0, 0.05) is 0 Å². The van der Waals surface area contributed by atoms with Crippen molar-refractivity contribution in [3.8, 4) is 0 Å². The number of hydrogen-bond donors (Lipinski definition) is 2. The molecular weight excluding hydrogens is 260 g/mol. The molecule has 0 spiro atoms. The van der Waals surface area contributed by atoms with Gasteiger partial charge in [0.2, 0.25) is 0 Å². The lowest BCUT2D eigenvalue weighted by molar-refractivity contribution is -0.172. The molecule has 2 N–H and O–H groups in total. The summed E-state index contributed by atoms with van der Waals surface area (Å²) in [7, 11) is 0. The van der Waals surface area contributed by atoms with E-state index in [1.807, 2.05) is 30.3 Å².